The molecule has 5 heteroatoms. The smallest absolute Gasteiger partial charge is 0.148 e. The van der Waals surface area contributed by atoms with Crippen molar-refractivity contribution in [2.24, 2.45) is 10.7 Å². The number of halogens is 2. The average molecular weight is 256 g/mol. The Morgan fingerprint density at radius 1 is 1.41 bits per heavy atom. The lowest BCUT2D eigenvalue weighted by atomic mass is 10.2. The fraction of sp³-hybridized carbons (Fsp3) is 0.417. The third-order valence-electron chi connectivity index (χ3n) is 2.79. The highest BCUT2D eigenvalue weighted by molar-refractivity contribution is 6.28. The first-order valence-electron chi connectivity index (χ1n) is 5.65. The summed E-state index contributed by atoms with van der Waals surface area (Å²) in [7, 11) is 0. The number of alkyl halides is 1. The van der Waals surface area contributed by atoms with E-state index in [-0.39, 0.29) is 11.7 Å². The third-order valence-corrected chi connectivity index (χ3v) is 3.06. The monoisotopic (exact) mass is 255 g/mol. The number of hydrogen-bond donors (Lipinski definition) is 1. The Kier molecular flexibility index (Phi) is 3.84. The van der Waals surface area contributed by atoms with Gasteiger partial charge in [-0.15, -0.1) is 11.6 Å². The predicted octanol–water partition coefficient (Wildman–Crippen LogP) is 2.65. The van der Waals surface area contributed by atoms with Gasteiger partial charge in [0.15, 0.2) is 0 Å². The molecule has 0 radical (unpaired) electrons. The van der Waals surface area contributed by atoms with Gasteiger partial charge in [-0.05, 0) is 25.0 Å². The summed E-state index contributed by atoms with van der Waals surface area (Å²) in [6.45, 7) is 1.73. The molecule has 92 valence electrons. The van der Waals surface area contributed by atoms with E-state index in [1.54, 1.807) is 12.1 Å². The number of nitrogens with zero attached hydrogens (tertiary/aromatic N) is 2. The maximum absolute atomic E-state index is 13.9. The van der Waals surface area contributed by atoms with Crippen molar-refractivity contribution < 1.29 is 4.39 Å². The molecule has 0 aromatic heterocycles. The Balaban J connectivity index is 2.40. The van der Waals surface area contributed by atoms with Gasteiger partial charge in [-0.3, -0.25) is 0 Å². The molecule has 1 heterocycles. The van der Waals surface area contributed by atoms with E-state index in [4.69, 9.17) is 17.3 Å². The number of hydrogen-bond acceptors (Lipinski definition) is 2. The van der Waals surface area contributed by atoms with Crippen molar-refractivity contribution in [3.05, 3.63) is 24.0 Å². The molecule has 2 N–H and O–H groups in total. The highest BCUT2D eigenvalue weighted by Crippen LogP contribution is 2.33. The molecule has 0 unspecified atom stereocenters. The minimum absolute atomic E-state index is 0.149. The molecule has 1 fully saturated rings. The molecule has 0 atom stereocenters. The summed E-state index contributed by atoms with van der Waals surface area (Å²) in [6.07, 6.45) is 2.17. The molecule has 1 aromatic carbocycles. The quantitative estimate of drug-likeness (QED) is 0.513. The number of aliphatic imine (C=N–C) groups is 1. The minimum Gasteiger partial charge on any atom is -0.386 e. The van der Waals surface area contributed by atoms with Crippen molar-refractivity contribution in [2.45, 2.75) is 12.8 Å². The van der Waals surface area contributed by atoms with Crippen LogP contribution in [0.4, 0.5) is 15.8 Å². The summed E-state index contributed by atoms with van der Waals surface area (Å²) < 4.78 is 13.9. The van der Waals surface area contributed by atoms with Gasteiger partial charge >= 0.3 is 0 Å². The van der Waals surface area contributed by atoms with E-state index in [9.17, 15) is 4.39 Å². The van der Waals surface area contributed by atoms with Crippen LogP contribution in [-0.4, -0.2) is 24.8 Å². The summed E-state index contributed by atoms with van der Waals surface area (Å²) >= 11 is 5.59. The zero-order valence-corrected chi connectivity index (χ0v) is 10.3. The average Bonchev–Trinajstić information content (AvgIpc) is 2.82. The molecule has 17 heavy (non-hydrogen) atoms. The second-order valence-electron chi connectivity index (χ2n) is 4.04. The Hall–Kier alpha value is -1.29. The van der Waals surface area contributed by atoms with Gasteiger partial charge in [-0.2, -0.15) is 0 Å². The van der Waals surface area contributed by atoms with Crippen molar-refractivity contribution in [1.82, 2.24) is 0 Å². The van der Waals surface area contributed by atoms with Crippen LogP contribution in [0.25, 0.3) is 0 Å². The Morgan fingerprint density at radius 3 is 2.76 bits per heavy atom. The molecule has 1 aliphatic heterocycles. The largest absolute Gasteiger partial charge is 0.386 e. The number of rotatable bonds is 3. The maximum atomic E-state index is 13.9. The number of benzene rings is 1. The zero-order chi connectivity index (χ0) is 12.3. The summed E-state index contributed by atoms with van der Waals surface area (Å²) in [5.41, 5.74) is 6.70. The van der Waals surface area contributed by atoms with Crippen molar-refractivity contribution in [3.8, 4) is 0 Å². The molecule has 3 nitrogen and oxygen atoms in total. The van der Waals surface area contributed by atoms with Crippen LogP contribution < -0.4 is 10.6 Å². The van der Waals surface area contributed by atoms with Crippen molar-refractivity contribution in [3.63, 3.8) is 0 Å². The van der Waals surface area contributed by atoms with Crippen LogP contribution in [0.1, 0.15) is 12.8 Å². The number of amidine groups is 1. The van der Waals surface area contributed by atoms with Gasteiger partial charge in [0.2, 0.25) is 0 Å². The summed E-state index contributed by atoms with van der Waals surface area (Å²) in [5.74, 6) is 0.198. The van der Waals surface area contributed by atoms with Crippen LogP contribution in [0.5, 0.6) is 0 Å². The lowest BCUT2D eigenvalue weighted by molar-refractivity contribution is 0.623. The molecule has 2 rings (SSSR count). The standard InChI is InChI=1S/C12H15ClFN3/c13-8-11(15)16-10-5-3-4-9(14)12(10)17-6-1-2-7-17/h3-5H,1-2,6-8H2,(H2,15,16). The van der Waals surface area contributed by atoms with Crippen molar-refractivity contribution >= 4 is 28.8 Å². The Labute approximate surface area is 105 Å². The molecule has 0 bridgehead atoms. The lowest BCUT2D eigenvalue weighted by Crippen LogP contribution is -2.20. The van der Waals surface area contributed by atoms with Gasteiger partial charge in [-0.25, -0.2) is 9.38 Å². The van der Waals surface area contributed by atoms with Gasteiger partial charge in [0.1, 0.15) is 11.7 Å². The predicted molar refractivity (Wildman–Crippen MR) is 69.8 cm³/mol. The van der Waals surface area contributed by atoms with Crippen LogP contribution in [0.15, 0.2) is 23.2 Å². The summed E-state index contributed by atoms with van der Waals surface area (Å²) in [4.78, 5) is 6.17. The molecule has 0 amide bonds. The lowest BCUT2D eigenvalue weighted by Gasteiger charge is -2.20. The van der Waals surface area contributed by atoms with E-state index in [0.29, 0.717) is 17.2 Å². The number of nitrogens with two attached hydrogens (primary N) is 1. The fourth-order valence-electron chi connectivity index (χ4n) is 2.03. The Bertz CT molecular complexity index is 428. The molecule has 1 aromatic rings. The third kappa shape index (κ3) is 2.69. The van der Waals surface area contributed by atoms with E-state index in [0.717, 1.165) is 25.9 Å². The molecule has 1 aliphatic rings. The normalized spacial score (nSPS) is 16.6. The van der Waals surface area contributed by atoms with Gasteiger partial charge in [-0.1, -0.05) is 6.07 Å². The van der Waals surface area contributed by atoms with Crippen LogP contribution >= 0.6 is 11.6 Å². The maximum Gasteiger partial charge on any atom is 0.148 e. The van der Waals surface area contributed by atoms with E-state index < -0.39 is 0 Å². The first kappa shape index (κ1) is 12.2. The molecule has 0 spiro atoms. The van der Waals surface area contributed by atoms with E-state index in [1.165, 1.54) is 6.07 Å². The second kappa shape index (κ2) is 5.36. The highest BCUT2D eigenvalue weighted by Gasteiger charge is 2.19. The van der Waals surface area contributed by atoms with Crippen LogP contribution in [0, 0.1) is 5.82 Å². The zero-order valence-electron chi connectivity index (χ0n) is 9.50. The van der Waals surface area contributed by atoms with Gasteiger partial charge in [0, 0.05) is 13.1 Å². The first-order valence-corrected chi connectivity index (χ1v) is 6.18. The van der Waals surface area contributed by atoms with Crippen LogP contribution in [0.2, 0.25) is 0 Å². The fourth-order valence-corrected chi connectivity index (χ4v) is 2.09. The minimum atomic E-state index is -0.254. The van der Waals surface area contributed by atoms with Crippen molar-refractivity contribution in [2.75, 3.05) is 23.9 Å². The SMILES string of the molecule is NC(CCl)=Nc1cccc(F)c1N1CCCC1. The molecule has 1 saturated heterocycles. The van der Waals surface area contributed by atoms with Gasteiger partial charge in [0.25, 0.3) is 0 Å². The van der Waals surface area contributed by atoms with E-state index >= 15 is 0 Å². The van der Waals surface area contributed by atoms with Gasteiger partial charge in [0.05, 0.1) is 17.3 Å². The second-order valence-corrected chi connectivity index (χ2v) is 4.31. The van der Waals surface area contributed by atoms with Crippen molar-refractivity contribution in [1.29, 1.82) is 0 Å². The highest BCUT2D eigenvalue weighted by atomic mass is 35.5. The van der Waals surface area contributed by atoms with Crippen LogP contribution in [0.3, 0.4) is 0 Å². The topological polar surface area (TPSA) is 41.6 Å². The number of anilines is 1. The molecular weight excluding hydrogens is 241 g/mol. The summed E-state index contributed by atoms with van der Waals surface area (Å²) in [6, 6.07) is 4.84. The number of para-hydroxylation sites is 1. The van der Waals surface area contributed by atoms with Crippen LogP contribution in [-0.2, 0) is 0 Å². The van der Waals surface area contributed by atoms with E-state index in [1.807, 2.05) is 4.90 Å². The van der Waals surface area contributed by atoms with Gasteiger partial charge < -0.3 is 10.6 Å². The Morgan fingerprint density at radius 2 is 2.12 bits per heavy atom. The molecule has 0 aliphatic carbocycles. The first-order chi connectivity index (χ1) is 8.22. The van der Waals surface area contributed by atoms with E-state index in [2.05, 4.69) is 4.99 Å². The molecular formula is C12H15ClFN3. The molecule has 0 saturated carbocycles. The summed E-state index contributed by atoms with van der Waals surface area (Å²) in [5, 5.41) is 0.